The highest BCUT2D eigenvalue weighted by atomic mass is 127. The van der Waals surface area contributed by atoms with Crippen molar-refractivity contribution in [3.8, 4) is 0 Å². The van der Waals surface area contributed by atoms with E-state index in [-0.39, 0.29) is 18.7 Å². The molecule has 0 aromatic heterocycles. The van der Waals surface area contributed by atoms with Crippen molar-refractivity contribution in [2.75, 3.05) is 4.90 Å². The van der Waals surface area contributed by atoms with Gasteiger partial charge in [0.25, 0.3) is 5.91 Å². The van der Waals surface area contributed by atoms with E-state index in [9.17, 15) is 22.8 Å². The van der Waals surface area contributed by atoms with Gasteiger partial charge in [-0.15, -0.1) is 0 Å². The fourth-order valence-corrected chi connectivity index (χ4v) is 4.95. The number of rotatable bonds is 2. The molecule has 0 fully saturated rings. The quantitative estimate of drug-likeness (QED) is 0.635. The number of anilines is 1. The van der Waals surface area contributed by atoms with Gasteiger partial charge in [0, 0.05) is 26.7 Å². The molecule has 2 N–H and O–H groups in total. The van der Waals surface area contributed by atoms with E-state index in [2.05, 4.69) is 22.6 Å². The van der Waals surface area contributed by atoms with E-state index in [1.807, 2.05) is 0 Å². The van der Waals surface area contributed by atoms with Crippen molar-refractivity contribution in [1.82, 2.24) is 0 Å². The molecule has 146 valence electrons. The Hall–Kier alpha value is -1.94. The van der Waals surface area contributed by atoms with E-state index in [1.165, 1.54) is 4.90 Å². The Morgan fingerprint density at radius 3 is 2.43 bits per heavy atom. The van der Waals surface area contributed by atoms with Gasteiger partial charge < -0.3 is 5.73 Å². The summed E-state index contributed by atoms with van der Waals surface area (Å²) >= 11 is 2.06. The van der Waals surface area contributed by atoms with Gasteiger partial charge in [0.1, 0.15) is 0 Å². The third-order valence-electron chi connectivity index (χ3n) is 5.50. The fourth-order valence-electron chi connectivity index (χ4n) is 4.26. The molecule has 2 aliphatic rings. The Balaban J connectivity index is 1.77. The predicted octanol–water partition coefficient (Wildman–Crippen LogP) is 4.01. The van der Waals surface area contributed by atoms with Crippen molar-refractivity contribution >= 4 is 40.0 Å². The summed E-state index contributed by atoms with van der Waals surface area (Å²) < 4.78 is 39.9. The number of halogens is 4. The van der Waals surface area contributed by atoms with Crippen LogP contribution in [0.2, 0.25) is 0 Å². The minimum absolute atomic E-state index is 0.0103. The van der Waals surface area contributed by atoms with Crippen LogP contribution in [0.25, 0.3) is 0 Å². The molecule has 1 aliphatic heterocycles. The lowest BCUT2D eigenvalue weighted by molar-refractivity contribution is -0.176. The Morgan fingerprint density at radius 1 is 1.11 bits per heavy atom. The van der Waals surface area contributed by atoms with Gasteiger partial charge in [0.15, 0.2) is 0 Å². The van der Waals surface area contributed by atoms with Gasteiger partial charge in [0.2, 0.25) is 5.78 Å². The molecule has 0 saturated carbocycles. The first-order valence-electron chi connectivity index (χ1n) is 8.76. The smallest absolute Gasteiger partial charge is 0.310 e. The summed E-state index contributed by atoms with van der Waals surface area (Å²) in [4.78, 5) is 26.4. The van der Waals surface area contributed by atoms with Gasteiger partial charge in [-0.2, -0.15) is 13.2 Å². The zero-order valence-corrected chi connectivity index (χ0v) is 16.7. The summed E-state index contributed by atoms with van der Waals surface area (Å²) in [6.07, 6.45) is -5.70. The molecular weight excluding hydrogens is 484 g/mol. The largest absolute Gasteiger partial charge is 0.450 e. The van der Waals surface area contributed by atoms with Crippen molar-refractivity contribution in [1.29, 1.82) is 0 Å². The van der Waals surface area contributed by atoms with Crippen molar-refractivity contribution in [3.05, 3.63) is 62.7 Å². The Bertz CT molecular complexity index is 962. The van der Waals surface area contributed by atoms with Crippen LogP contribution >= 0.6 is 22.6 Å². The third-order valence-corrected chi connectivity index (χ3v) is 6.51. The van der Waals surface area contributed by atoms with Crippen LogP contribution in [0.15, 0.2) is 42.5 Å². The maximum Gasteiger partial charge on any atom is 0.450 e. The van der Waals surface area contributed by atoms with Crippen LogP contribution in [-0.2, 0) is 11.2 Å². The number of carbonyl (C=O) groups excluding carboxylic acids is 2. The van der Waals surface area contributed by atoms with E-state index in [4.69, 9.17) is 5.73 Å². The Kier molecular flexibility index (Phi) is 4.73. The van der Waals surface area contributed by atoms with Gasteiger partial charge >= 0.3 is 6.18 Å². The third kappa shape index (κ3) is 3.02. The number of alkyl halides is 3. The van der Waals surface area contributed by atoms with Gasteiger partial charge in [-0.05, 0) is 70.8 Å². The first-order chi connectivity index (χ1) is 13.2. The number of ketones is 1. The predicted molar refractivity (Wildman–Crippen MR) is 106 cm³/mol. The molecule has 3 unspecified atom stereocenters. The summed E-state index contributed by atoms with van der Waals surface area (Å²) in [5.41, 5.74) is 8.92. The van der Waals surface area contributed by atoms with Crippen LogP contribution in [0.3, 0.4) is 0 Å². The molecular formula is C20H16F3IN2O2. The molecule has 0 saturated heterocycles. The first-order valence-corrected chi connectivity index (χ1v) is 9.84. The topological polar surface area (TPSA) is 63.4 Å². The molecule has 1 aliphatic carbocycles. The monoisotopic (exact) mass is 500 g/mol. The molecule has 1 heterocycles. The molecule has 2 aromatic carbocycles. The molecule has 1 amide bonds. The average Bonchev–Trinajstić information content (AvgIpc) is 2.96. The van der Waals surface area contributed by atoms with Crippen LogP contribution in [0.1, 0.15) is 33.8 Å². The molecule has 4 rings (SSSR count). The Labute approximate surface area is 173 Å². The van der Waals surface area contributed by atoms with Crippen molar-refractivity contribution in [3.63, 3.8) is 0 Å². The molecule has 8 heteroatoms. The minimum atomic E-state index is -4.88. The van der Waals surface area contributed by atoms with E-state index in [0.29, 0.717) is 16.8 Å². The molecule has 0 spiro atoms. The van der Waals surface area contributed by atoms with Crippen molar-refractivity contribution < 1.29 is 22.8 Å². The zero-order chi connectivity index (χ0) is 20.2. The summed E-state index contributed by atoms with van der Waals surface area (Å²) in [5.74, 6) is -3.71. The number of nitrogens with two attached hydrogens (primary N) is 1. The van der Waals surface area contributed by atoms with Crippen LogP contribution in [0.4, 0.5) is 18.9 Å². The molecule has 3 atom stereocenters. The van der Waals surface area contributed by atoms with E-state index in [0.717, 1.165) is 9.13 Å². The van der Waals surface area contributed by atoms with Crippen molar-refractivity contribution in [2.45, 2.75) is 31.1 Å². The van der Waals surface area contributed by atoms with Gasteiger partial charge in [-0.3, -0.25) is 14.5 Å². The normalized spacial score (nSPS) is 23.5. The highest BCUT2D eigenvalue weighted by molar-refractivity contribution is 14.1. The summed E-state index contributed by atoms with van der Waals surface area (Å²) in [6.45, 7) is 0. The molecule has 0 radical (unpaired) electrons. The number of hydrogen-bond donors (Lipinski definition) is 1. The number of nitrogens with zero attached hydrogens (tertiary/aromatic N) is 1. The molecule has 28 heavy (non-hydrogen) atoms. The van der Waals surface area contributed by atoms with Crippen LogP contribution in [0, 0.1) is 9.49 Å². The van der Waals surface area contributed by atoms with Gasteiger partial charge in [-0.1, -0.05) is 18.2 Å². The number of Topliss-reactive ketones (excluding diaryl/α,β-unsaturated/α-hetero) is 1. The van der Waals surface area contributed by atoms with E-state index < -0.39 is 30.0 Å². The SMILES string of the molecule is NC1C2CC(C(=O)C(F)(F)F)Cc3c(I)ccc(c32)N1C(=O)c1ccccc1. The minimum Gasteiger partial charge on any atom is -0.310 e. The molecule has 4 nitrogen and oxygen atoms in total. The standard InChI is InChI=1S/C20H16F3IN2O2/c21-20(22,23)17(27)11-8-12-14(24)6-7-15-16(12)13(9-11)18(25)26(15)19(28)10-4-2-1-3-5-10/h1-7,11,13,18H,8-9,25H2. The highest BCUT2D eigenvalue weighted by Crippen LogP contribution is 2.50. The van der Waals surface area contributed by atoms with Gasteiger partial charge in [-0.25, -0.2) is 0 Å². The second-order valence-corrected chi connectivity index (χ2v) is 8.26. The number of hydrogen-bond acceptors (Lipinski definition) is 3. The maximum atomic E-state index is 13.1. The lowest BCUT2D eigenvalue weighted by Crippen LogP contribution is -2.46. The van der Waals surface area contributed by atoms with Crippen LogP contribution in [-0.4, -0.2) is 24.0 Å². The zero-order valence-electron chi connectivity index (χ0n) is 14.5. The van der Waals surface area contributed by atoms with E-state index in [1.54, 1.807) is 42.5 Å². The number of carbonyl (C=O) groups is 2. The summed E-state index contributed by atoms with van der Waals surface area (Å²) in [5, 5.41) is 0. The number of amides is 1. The van der Waals surface area contributed by atoms with Crippen LogP contribution in [0.5, 0.6) is 0 Å². The average molecular weight is 500 g/mol. The maximum absolute atomic E-state index is 13.1. The van der Waals surface area contributed by atoms with Crippen molar-refractivity contribution in [2.24, 2.45) is 11.7 Å². The summed E-state index contributed by atoms with van der Waals surface area (Å²) in [7, 11) is 0. The molecule has 2 aromatic rings. The van der Waals surface area contributed by atoms with E-state index >= 15 is 0 Å². The lowest BCUT2D eigenvalue weighted by Gasteiger charge is -2.31. The molecule has 0 bridgehead atoms. The number of benzene rings is 2. The fraction of sp³-hybridized carbons (Fsp3) is 0.300. The van der Waals surface area contributed by atoms with Crippen LogP contribution < -0.4 is 10.6 Å². The first kappa shape index (κ1) is 19.4. The lowest BCUT2D eigenvalue weighted by atomic mass is 9.75. The highest BCUT2D eigenvalue weighted by Gasteiger charge is 2.50. The Morgan fingerprint density at radius 2 is 1.79 bits per heavy atom. The summed E-state index contributed by atoms with van der Waals surface area (Å²) in [6, 6.07) is 12.2. The van der Waals surface area contributed by atoms with Gasteiger partial charge in [0.05, 0.1) is 6.17 Å². The second-order valence-electron chi connectivity index (χ2n) is 7.10. The second kappa shape index (κ2) is 6.84.